The summed E-state index contributed by atoms with van der Waals surface area (Å²) in [6.07, 6.45) is 1.50. The molecule has 1 aliphatic heterocycles. The van der Waals surface area contributed by atoms with Crippen molar-refractivity contribution in [1.29, 1.82) is 0 Å². The summed E-state index contributed by atoms with van der Waals surface area (Å²) >= 11 is 13.0. The molecule has 1 amide bonds. The molecular weight excluding hydrogens is 385 g/mol. The Morgan fingerprint density at radius 2 is 1.88 bits per heavy atom. The summed E-state index contributed by atoms with van der Waals surface area (Å²) in [7, 11) is 0. The molecule has 0 saturated carbocycles. The van der Waals surface area contributed by atoms with Crippen LogP contribution in [0.4, 0.5) is 11.4 Å². The number of thioether (sulfide) groups is 1. The van der Waals surface area contributed by atoms with Crippen LogP contribution in [0.15, 0.2) is 52.4 Å². The molecule has 126 valence electrons. The van der Waals surface area contributed by atoms with E-state index in [0.717, 1.165) is 11.8 Å². The zero-order chi connectivity index (χ0) is 18.0. The Hall–Kier alpha value is -2.35. The molecule has 0 atom stereocenters. The molecule has 1 heterocycles. The average molecular weight is 394 g/mol. The maximum absolute atomic E-state index is 12.1. The molecule has 0 unspecified atom stereocenters. The second-order valence-corrected chi connectivity index (χ2v) is 6.80. The normalized spacial score (nSPS) is 17.1. The van der Waals surface area contributed by atoms with Gasteiger partial charge >= 0.3 is 0 Å². The van der Waals surface area contributed by atoms with Gasteiger partial charge in [0.1, 0.15) is 0 Å². The van der Waals surface area contributed by atoms with Gasteiger partial charge in [-0.25, -0.2) is 4.99 Å². The fourth-order valence-corrected chi connectivity index (χ4v) is 3.14. The highest BCUT2D eigenvalue weighted by Gasteiger charge is 2.24. The van der Waals surface area contributed by atoms with Gasteiger partial charge in [-0.1, -0.05) is 23.2 Å². The Labute approximate surface area is 156 Å². The van der Waals surface area contributed by atoms with Gasteiger partial charge < -0.3 is 5.32 Å². The quantitative estimate of drug-likeness (QED) is 0.461. The number of nitro benzene ring substituents is 1. The first-order valence-corrected chi connectivity index (χ1v) is 8.49. The summed E-state index contributed by atoms with van der Waals surface area (Å²) in [5.41, 5.74) is 0.929. The molecule has 1 N–H and O–H groups in total. The topological polar surface area (TPSA) is 84.6 Å². The van der Waals surface area contributed by atoms with Crippen LogP contribution < -0.4 is 5.32 Å². The lowest BCUT2D eigenvalue weighted by Crippen LogP contribution is -2.19. The zero-order valence-corrected chi connectivity index (χ0v) is 14.7. The summed E-state index contributed by atoms with van der Waals surface area (Å²) in [6, 6.07) is 10.9. The van der Waals surface area contributed by atoms with Gasteiger partial charge in [-0.3, -0.25) is 14.9 Å². The Bertz CT molecular complexity index is 927. The third kappa shape index (κ3) is 4.19. The summed E-state index contributed by atoms with van der Waals surface area (Å²) in [5, 5.41) is 14.8. The molecule has 0 aliphatic carbocycles. The number of rotatable bonds is 3. The van der Waals surface area contributed by atoms with E-state index in [0.29, 0.717) is 31.4 Å². The number of aliphatic imine (C=N–C) groups is 1. The van der Waals surface area contributed by atoms with E-state index in [4.69, 9.17) is 23.2 Å². The predicted molar refractivity (Wildman–Crippen MR) is 100 cm³/mol. The van der Waals surface area contributed by atoms with Crippen molar-refractivity contribution in [2.75, 3.05) is 0 Å². The first-order chi connectivity index (χ1) is 11.9. The fourth-order valence-electron chi connectivity index (χ4n) is 2.01. The van der Waals surface area contributed by atoms with Crippen molar-refractivity contribution in [2.24, 2.45) is 4.99 Å². The Morgan fingerprint density at radius 3 is 2.56 bits per heavy atom. The van der Waals surface area contributed by atoms with Gasteiger partial charge in [0.25, 0.3) is 11.6 Å². The smallest absolute Gasteiger partial charge is 0.270 e. The first kappa shape index (κ1) is 17.5. The number of benzene rings is 2. The van der Waals surface area contributed by atoms with E-state index in [-0.39, 0.29) is 11.6 Å². The van der Waals surface area contributed by atoms with E-state index in [9.17, 15) is 14.9 Å². The third-order valence-electron chi connectivity index (χ3n) is 3.19. The Kier molecular flexibility index (Phi) is 5.08. The van der Waals surface area contributed by atoms with Crippen molar-refractivity contribution >= 4 is 63.5 Å². The van der Waals surface area contributed by atoms with Crippen LogP contribution in [0.3, 0.4) is 0 Å². The number of carbonyl (C=O) groups excluding carboxylic acids is 1. The van der Waals surface area contributed by atoms with Crippen LogP contribution in [-0.4, -0.2) is 16.0 Å². The van der Waals surface area contributed by atoms with Crippen molar-refractivity contribution in [3.05, 3.63) is 73.1 Å². The number of hydrogen-bond donors (Lipinski definition) is 1. The van der Waals surface area contributed by atoms with Crippen LogP contribution in [0.2, 0.25) is 10.0 Å². The number of carbonyl (C=O) groups is 1. The fraction of sp³-hybridized carbons (Fsp3) is 0. The molecule has 0 aromatic heterocycles. The standard InChI is InChI=1S/C16H9Cl2N3O3S/c17-10-1-3-11(4-2-10)19-16-20-15(22)14(25-16)8-9-7-12(21(23)24)5-6-13(9)18/h1-8H,(H,19,20,22). The van der Waals surface area contributed by atoms with Crippen LogP contribution in [0.1, 0.15) is 5.56 Å². The van der Waals surface area contributed by atoms with Crippen LogP contribution in [0.25, 0.3) is 6.08 Å². The molecule has 25 heavy (non-hydrogen) atoms. The van der Waals surface area contributed by atoms with E-state index in [1.165, 1.54) is 24.3 Å². The number of amidine groups is 1. The van der Waals surface area contributed by atoms with E-state index in [1.54, 1.807) is 24.3 Å². The van der Waals surface area contributed by atoms with Gasteiger partial charge in [-0.2, -0.15) is 0 Å². The molecule has 1 saturated heterocycles. The maximum Gasteiger partial charge on any atom is 0.270 e. The van der Waals surface area contributed by atoms with Crippen LogP contribution in [-0.2, 0) is 4.79 Å². The van der Waals surface area contributed by atoms with Crippen molar-refractivity contribution < 1.29 is 9.72 Å². The summed E-state index contributed by atoms with van der Waals surface area (Å²) in [4.78, 5) is 27.1. The first-order valence-electron chi connectivity index (χ1n) is 6.91. The van der Waals surface area contributed by atoms with Crippen molar-refractivity contribution in [2.45, 2.75) is 0 Å². The molecule has 0 spiro atoms. The Balaban J connectivity index is 1.88. The van der Waals surface area contributed by atoms with Crippen LogP contribution in [0.5, 0.6) is 0 Å². The predicted octanol–water partition coefficient (Wildman–Crippen LogP) is 4.79. The number of nitrogens with one attached hydrogen (secondary N) is 1. The average Bonchev–Trinajstić information content (AvgIpc) is 2.91. The van der Waals surface area contributed by atoms with E-state index >= 15 is 0 Å². The Morgan fingerprint density at radius 1 is 1.16 bits per heavy atom. The van der Waals surface area contributed by atoms with Gasteiger partial charge in [-0.05, 0) is 48.2 Å². The minimum atomic E-state index is -0.520. The lowest BCUT2D eigenvalue weighted by molar-refractivity contribution is -0.384. The lowest BCUT2D eigenvalue weighted by atomic mass is 10.2. The van der Waals surface area contributed by atoms with Gasteiger partial charge in [0.15, 0.2) is 5.17 Å². The monoisotopic (exact) mass is 393 g/mol. The molecule has 0 radical (unpaired) electrons. The van der Waals surface area contributed by atoms with E-state index in [2.05, 4.69) is 10.3 Å². The zero-order valence-electron chi connectivity index (χ0n) is 12.4. The van der Waals surface area contributed by atoms with Gasteiger partial charge in [0.2, 0.25) is 0 Å². The van der Waals surface area contributed by atoms with Crippen LogP contribution in [0, 0.1) is 10.1 Å². The molecule has 2 aromatic rings. The lowest BCUT2D eigenvalue weighted by Gasteiger charge is -1.99. The van der Waals surface area contributed by atoms with Gasteiger partial charge in [0.05, 0.1) is 15.5 Å². The maximum atomic E-state index is 12.1. The van der Waals surface area contributed by atoms with Crippen molar-refractivity contribution in [3.8, 4) is 0 Å². The molecule has 0 bridgehead atoms. The molecule has 6 nitrogen and oxygen atoms in total. The molecule has 1 fully saturated rings. The number of halogens is 2. The number of amides is 1. The van der Waals surface area contributed by atoms with Crippen LogP contribution >= 0.6 is 35.0 Å². The highest BCUT2D eigenvalue weighted by Crippen LogP contribution is 2.31. The summed E-state index contributed by atoms with van der Waals surface area (Å²) in [5.74, 6) is -0.347. The van der Waals surface area contributed by atoms with Gasteiger partial charge in [-0.15, -0.1) is 0 Å². The number of nitro groups is 1. The second kappa shape index (κ2) is 7.26. The van der Waals surface area contributed by atoms with Crippen molar-refractivity contribution in [1.82, 2.24) is 5.32 Å². The van der Waals surface area contributed by atoms with Crippen molar-refractivity contribution in [3.63, 3.8) is 0 Å². The minimum Gasteiger partial charge on any atom is -0.300 e. The highest BCUT2D eigenvalue weighted by atomic mass is 35.5. The summed E-state index contributed by atoms with van der Waals surface area (Å²) in [6.45, 7) is 0. The van der Waals surface area contributed by atoms with E-state index < -0.39 is 4.92 Å². The SMILES string of the molecule is O=C1NC(=Nc2ccc(Cl)cc2)SC1=Cc1cc([N+](=O)[O-])ccc1Cl. The number of nitrogens with zero attached hydrogens (tertiary/aromatic N) is 2. The molecule has 2 aromatic carbocycles. The van der Waals surface area contributed by atoms with E-state index in [1.807, 2.05) is 0 Å². The second-order valence-electron chi connectivity index (χ2n) is 4.92. The molecular formula is C16H9Cl2N3O3S. The number of non-ortho nitro benzene ring substituents is 1. The van der Waals surface area contributed by atoms with Gasteiger partial charge in [0, 0.05) is 27.7 Å². The third-order valence-corrected chi connectivity index (χ3v) is 4.69. The summed E-state index contributed by atoms with van der Waals surface area (Å²) < 4.78 is 0. The molecule has 1 aliphatic rings. The number of hydrogen-bond acceptors (Lipinski definition) is 5. The molecule has 3 rings (SSSR count). The largest absolute Gasteiger partial charge is 0.300 e. The highest BCUT2D eigenvalue weighted by molar-refractivity contribution is 8.18. The molecule has 9 heteroatoms. The minimum absolute atomic E-state index is 0.102.